The van der Waals surface area contributed by atoms with E-state index in [0.717, 1.165) is 6.07 Å². The fourth-order valence-corrected chi connectivity index (χ4v) is 1.88. The van der Waals surface area contributed by atoms with Crippen LogP contribution in [0.1, 0.15) is 27.7 Å². The minimum Gasteiger partial charge on any atom is -0.399 e. The highest BCUT2D eigenvalue weighted by Crippen LogP contribution is 2.37. The van der Waals surface area contributed by atoms with E-state index in [1.807, 2.05) is 27.7 Å². The lowest BCUT2D eigenvalue weighted by Gasteiger charge is -2.32. The zero-order chi connectivity index (χ0) is 13.7. The molecule has 0 bridgehead atoms. The molecule has 1 aliphatic rings. The van der Waals surface area contributed by atoms with Crippen molar-refractivity contribution in [2.75, 3.05) is 0 Å². The summed E-state index contributed by atoms with van der Waals surface area (Å²) >= 11 is 5.65. The standard InChI is InChI=1S/C12H14BClF2O2/c1-11(2)12(3,4)18-13(17-11)9-8(15)6-5-7(14)10(9)16/h5-6H,1-4H3. The molecule has 2 rings (SSSR count). The molecule has 1 aromatic rings. The lowest BCUT2D eigenvalue weighted by Crippen LogP contribution is -2.41. The van der Waals surface area contributed by atoms with Crippen LogP contribution in [0.15, 0.2) is 12.1 Å². The van der Waals surface area contributed by atoms with Gasteiger partial charge in [-0.1, -0.05) is 11.6 Å². The third kappa shape index (κ3) is 2.04. The monoisotopic (exact) mass is 274 g/mol. The molecule has 1 saturated heterocycles. The number of hydrogen-bond donors (Lipinski definition) is 0. The predicted octanol–water partition coefficient (Wildman–Crippen LogP) is 2.92. The Kier molecular flexibility index (Phi) is 3.20. The van der Waals surface area contributed by atoms with Gasteiger partial charge in [0.15, 0.2) is 0 Å². The van der Waals surface area contributed by atoms with E-state index >= 15 is 0 Å². The molecule has 0 amide bonds. The number of rotatable bonds is 1. The van der Waals surface area contributed by atoms with Crippen LogP contribution in [0.2, 0.25) is 5.02 Å². The SMILES string of the molecule is CC1(C)OB(c2c(F)ccc(Cl)c2F)OC1(C)C. The van der Waals surface area contributed by atoms with Crippen molar-refractivity contribution < 1.29 is 18.1 Å². The summed E-state index contributed by atoms with van der Waals surface area (Å²) in [6.07, 6.45) is 0. The maximum atomic E-state index is 13.9. The Balaban J connectivity index is 2.44. The molecule has 0 saturated carbocycles. The summed E-state index contributed by atoms with van der Waals surface area (Å²) in [5.41, 5.74) is -1.58. The van der Waals surface area contributed by atoms with E-state index in [9.17, 15) is 8.78 Å². The highest BCUT2D eigenvalue weighted by Gasteiger charge is 2.53. The zero-order valence-corrected chi connectivity index (χ0v) is 11.4. The van der Waals surface area contributed by atoms with Gasteiger partial charge in [0.05, 0.1) is 21.7 Å². The Hall–Kier alpha value is -0.645. The van der Waals surface area contributed by atoms with Crippen LogP contribution in [-0.4, -0.2) is 18.3 Å². The topological polar surface area (TPSA) is 18.5 Å². The summed E-state index contributed by atoms with van der Waals surface area (Å²) in [7, 11) is -1.09. The predicted molar refractivity (Wildman–Crippen MR) is 67.1 cm³/mol. The highest BCUT2D eigenvalue weighted by molar-refractivity contribution is 6.62. The van der Waals surface area contributed by atoms with Crippen molar-refractivity contribution in [1.29, 1.82) is 0 Å². The molecule has 0 spiro atoms. The van der Waals surface area contributed by atoms with E-state index in [1.165, 1.54) is 6.07 Å². The van der Waals surface area contributed by atoms with Crippen molar-refractivity contribution in [2.24, 2.45) is 0 Å². The van der Waals surface area contributed by atoms with E-state index in [0.29, 0.717) is 0 Å². The van der Waals surface area contributed by atoms with Crippen LogP contribution in [-0.2, 0) is 9.31 Å². The Morgan fingerprint density at radius 2 is 1.56 bits per heavy atom. The van der Waals surface area contributed by atoms with Gasteiger partial charge in [-0.05, 0) is 39.8 Å². The van der Waals surface area contributed by atoms with Crippen molar-refractivity contribution >= 4 is 24.2 Å². The Morgan fingerprint density at radius 3 is 2.06 bits per heavy atom. The van der Waals surface area contributed by atoms with Gasteiger partial charge in [-0.2, -0.15) is 0 Å². The quantitative estimate of drug-likeness (QED) is 0.579. The van der Waals surface area contributed by atoms with E-state index in [-0.39, 0.29) is 10.5 Å². The molecule has 0 radical (unpaired) electrons. The fourth-order valence-electron chi connectivity index (χ4n) is 1.72. The summed E-state index contributed by atoms with van der Waals surface area (Å²) in [5, 5.41) is -0.152. The van der Waals surface area contributed by atoms with Crippen LogP contribution in [0.5, 0.6) is 0 Å². The molecule has 6 heteroatoms. The van der Waals surface area contributed by atoms with E-state index in [4.69, 9.17) is 20.9 Å². The minimum atomic E-state index is -1.09. The van der Waals surface area contributed by atoms with Crippen molar-refractivity contribution in [1.82, 2.24) is 0 Å². The summed E-state index contributed by atoms with van der Waals surface area (Å²) in [6.45, 7) is 7.25. The maximum Gasteiger partial charge on any atom is 0.500 e. The molecule has 0 unspecified atom stereocenters. The van der Waals surface area contributed by atoms with Gasteiger partial charge >= 0.3 is 7.12 Å². The Labute approximate surface area is 110 Å². The summed E-state index contributed by atoms with van der Waals surface area (Å²) in [6, 6.07) is 2.27. The molecule has 1 fully saturated rings. The normalized spacial score (nSPS) is 21.4. The second kappa shape index (κ2) is 4.18. The summed E-state index contributed by atoms with van der Waals surface area (Å²) in [4.78, 5) is 0. The number of halogens is 3. The first-order valence-electron chi connectivity index (χ1n) is 5.65. The first-order valence-corrected chi connectivity index (χ1v) is 6.02. The third-order valence-electron chi connectivity index (χ3n) is 3.57. The van der Waals surface area contributed by atoms with Gasteiger partial charge in [0.2, 0.25) is 0 Å². The molecule has 18 heavy (non-hydrogen) atoms. The molecule has 0 atom stereocenters. The van der Waals surface area contributed by atoms with Gasteiger partial charge in [-0.15, -0.1) is 0 Å². The van der Waals surface area contributed by atoms with Crippen LogP contribution in [0, 0.1) is 11.6 Å². The molecule has 98 valence electrons. The number of hydrogen-bond acceptors (Lipinski definition) is 2. The summed E-state index contributed by atoms with van der Waals surface area (Å²) in [5.74, 6) is -1.56. The molecular weight excluding hydrogens is 260 g/mol. The molecular formula is C12H14BClF2O2. The van der Waals surface area contributed by atoms with Crippen LogP contribution in [0.3, 0.4) is 0 Å². The van der Waals surface area contributed by atoms with Gasteiger partial charge in [0, 0.05) is 0 Å². The van der Waals surface area contributed by atoms with Crippen molar-refractivity contribution in [2.45, 2.75) is 38.9 Å². The van der Waals surface area contributed by atoms with Gasteiger partial charge < -0.3 is 9.31 Å². The Bertz CT molecular complexity index is 475. The summed E-state index contributed by atoms with van der Waals surface area (Å²) < 4.78 is 38.8. The first-order chi connectivity index (χ1) is 8.16. The fraction of sp³-hybridized carbons (Fsp3) is 0.500. The van der Waals surface area contributed by atoms with Gasteiger partial charge in [0.1, 0.15) is 11.6 Å². The molecule has 1 aromatic carbocycles. The lowest BCUT2D eigenvalue weighted by atomic mass is 9.78. The largest absolute Gasteiger partial charge is 0.500 e. The Morgan fingerprint density at radius 1 is 1.06 bits per heavy atom. The first kappa shape index (κ1) is 13.8. The maximum absolute atomic E-state index is 13.9. The molecule has 2 nitrogen and oxygen atoms in total. The third-order valence-corrected chi connectivity index (χ3v) is 3.86. The van der Waals surface area contributed by atoms with Gasteiger partial charge in [0.25, 0.3) is 0 Å². The van der Waals surface area contributed by atoms with E-state index in [2.05, 4.69) is 0 Å². The van der Waals surface area contributed by atoms with E-state index in [1.54, 1.807) is 0 Å². The van der Waals surface area contributed by atoms with Gasteiger partial charge in [-0.3, -0.25) is 0 Å². The van der Waals surface area contributed by atoms with Crippen molar-refractivity contribution in [3.8, 4) is 0 Å². The number of benzene rings is 1. The molecule has 1 aliphatic heterocycles. The molecule has 0 aromatic heterocycles. The second-order valence-corrected chi connectivity index (χ2v) is 5.75. The average Bonchev–Trinajstić information content (AvgIpc) is 2.43. The van der Waals surface area contributed by atoms with Crippen LogP contribution in [0.4, 0.5) is 8.78 Å². The molecule has 0 aliphatic carbocycles. The second-order valence-electron chi connectivity index (χ2n) is 5.35. The van der Waals surface area contributed by atoms with Crippen LogP contribution < -0.4 is 5.46 Å². The van der Waals surface area contributed by atoms with E-state index < -0.39 is 30.0 Å². The smallest absolute Gasteiger partial charge is 0.399 e. The van der Waals surface area contributed by atoms with Gasteiger partial charge in [-0.25, -0.2) is 8.78 Å². The lowest BCUT2D eigenvalue weighted by molar-refractivity contribution is 0.00578. The molecule has 1 heterocycles. The minimum absolute atomic E-state index is 0.152. The zero-order valence-electron chi connectivity index (χ0n) is 10.7. The average molecular weight is 275 g/mol. The van der Waals surface area contributed by atoms with Crippen molar-refractivity contribution in [3.05, 3.63) is 28.8 Å². The van der Waals surface area contributed by atoms with Crippen LogP contribution in [0.25, 0.3) is 0 Å². The van der Waals surface area contributed by atoms with Crippen LogP contribution >= 0.6 is 11.6 Å². The van der Waals surface area contributed by atoms with Crippen molar-refractivity contribution in [3.63, 3.8) is 0 Å². The highest BCUT2D eigenvalue weighted by atomic mass is 35.5. The molecule has 0 N–H and O–H groups in total.